The van der Waals surface area contributed by atoms with E-state index in [1.165, 1.54) is 0 Å². The molecule has 2 unspecified atom stereocenters. The zero-order chi connectivity index (χ0) is 17.3. The van der Waals surface area contributed by atoms with E-state index in [0.717, 1.165) is 19.3 Å². The molecule has 0 aliphatic rings. The Morgan fingerprint density at radius 3 is 2.32 bits per heavy atom. The molecule has 0 fully saturated rings. The molecule has 22 heavy (non-hydrogen) atoms. The summed E-state index contributed by atoms with van der Waals surface area (Å²) in [6.45, 7) is 12.9. The van der Waals surface area contributed by atoms with Gasteiger partial charge in [-0.15, -0.1) is 6.58 Å². The summed E-state index contributed by atoms with van der Waals surface area (Å²) >= 11 is 0. The van der Waals surface area contributed by atoms with Crippen LogP contribution in [0.1, 0.15) is 60.3 Å². The molecular weight excluding hydrogens is 280 g/mol. The second-order valence-corrected chi connectivity index (χ2v) is 6.47. The van der Waals surface area contributed by atoms with Gasteiger partial charge < -0.3 is 10.5 Å². The van der Waals surface area contributed by atoms with Gasteiger partial charge in [0, 0.05) is 0 Å². The molecule has 126 valence electrons. The Labute approximate surface area is 134 Å². The number of esters is 1. The first-order chi connectivity index (χ1) is 10.1. The van der Waals surface area contributed by atoms with Crippen molar-refractivity contribution in [2.75, 3.05) is 0 Å². The van der Waals surface area contributed by atoms with Crippen molar-refractivity contribution in [2.24, 2.45) is 16.6 Å². The van der Waals surface area contributed by atoms with Crippen LogP contribution in [0.2, 0.25) is 0 Å². The molecule has 0 aliphatic heterocycles. The van der Waals surface area contributed by atoms with Crippen molar-refractivity contribution in [3.63, 3.8) is 0 Å². The summed E-state index contributed by atoms with van der Waals surface area (Å²) in [5, 5.41) is 0. The largest absolute Gasteiger partial charge is 0.458 e. The first kappa shape index (κ1) is 20.3. The molecule has 2 atom stereocenters. The molecule has 0 aliphatic carbocycles. The van der Waals surface area contributed by atoms with Gasteiger partial charge in [-0.1, -0.05) is 19.4 Å². The number of primary amides is 1. The predicted octanol–water partition coefficient (Wildman–Crippen LogP) is 3.03. The summed E-state index contributed by atoms with van der Waals surface area (Å²) in [4.78, 5) is 27.6. The topological polar surface area (TPSA) is 81.8 Å². The van der Waals surface area contributed by atoms with Crippen molar-refractivity contribution in [1.29, 1.82) is 0 Å². The third-order valence-electron chi connectivity index (χ3n) is 3.13. The number of amides is 1. The van der Waals surface area contributed by atoms with Crippen molar-refractivity contribution < 1.29 is 14.3 Å². The number of allylic oxidation sites excluding steroid dienone is 1. The van der Waals surface area contributed by atoms with E-state index in [0.29, 0.717) is 12.3 Å². The molecule has 0 heterocycles. The van der Waals surface area contributed by atoms with Crippen molar-refractivity contribution in [2.45, 2.75) is 71.9 Å². The second kappa shape index (κ2) is 9.38. The van der Waals surface area contributed by atoms with Gasteiger partial charge in [-0.25, -0.2) is 4.79 Å². The fourth-order valence-corrected chi connectivity index (χ4v) is 2.00. The lowest BCUT2D eigenvalue weighted by Gasteiger charge is -2.21. The number of aliphatic imine (C=N–C) groups is 1. The van der Waals surface area contributed by atoms with Gasteiger partial charge in [-0.3, -0.25) is 9.79 Å². The number of carbonyl (C=O) groups is 2. The van der Waals surface area contributed by atoms with Gasteiger partial charge in [0.05, 0.1) is 0 Å². The number of rotatable bonds is 9. The Bertz CT molecular complexity index is 422. The number of ether oxygens (including phenoxy) is 1. The zero-order valence-corrected chi connectivity index (χ0v) is 14.5. The van der Waals surface area contributed by atoms with E-state index in [9.17, 15) is 9.59 Å². The Kier molecular flexibility index (Phi) is 8.68. The van der Waals surface area contributed by atoms with Gasteiger partial charge in [0.25, 0.3) is 5.91 Å². The lowest BCUT2D eigenvalue weighted by atomic mass is 9.96. The van der Waals surface area contributed by atoms with E-state index in [1.54, 1.807) is 27.7 Å². The molecule has 0 aromatic heterocycles. The summed E-state index contributed by atoms with van der Waals surface area (Å²) in [6.07, 6.45) is 5.14. The maximum atomic E-state index is 11.9. The van der Waals surface area contributed by atoms with E-state index >= 15 is 0 Å². The van der Waals surface area contributed by atoms with Crippen LogP contribution in [0, 0.1) is 5.92 Å². The minimum absolute atomic E-state index is 0.237. The highest BCUT2D eigenvalue weighted by molar-refractivity contribution is 6.38. The monoisotopic (exact) mass is 310 g/mol. The Morgan fingerprint density at radius 1 is 1.32 bits per heavy atom. The van der Waals surface area contributed by atoms with Crippen LogP contribution in [0.5, 0.6) is 0 Å². The minimum Gasteiger partial charge on any atom is -0.458 e. The molecule has 0 rings (SSSR count). The normalized spacial score (nSPS) is 15.0. The Morgan fingerprint density at radius 2 is 1.91 bits per heavy atom. The number of carbonyl (C=O) groups excluding carboxylic acids is 2. The highest BCUT2D eigenvalue weighted by Crippen LogP contribution is 2.16. The van der Waals surface area contributed by atoms with Crippen LogP contribution in [0.4, 0.5) is 0 Å². The third-order valence-corrected chi connectivity index (χ3v) is 3.13. The van der Waals surface area contributed by atoms with Gasteiger partial charge in [0.15, 0.2) is 0 Å². The van der Waals surface area contributed by atoms with Crippen molar-refractivity contribution >= 4 is 17.6 Å². The number of nitrogens with two attached hydrogens (primary N) is 1. The lowest BCUT2D eigenvalue weighted by molar-refractivity contribution is -0.155. The van der Waals surface area contributed by atoms with Crippen LogP contribution in [0.3, 0.4) is 0 Å². The standard InChI is InChI=1S/C17H30N2O3/c1-7-9-13(8-2)10-11-14(15(18)20)19-12(3)16(21)22-17(4,5)6/h8,12-13H,2,7,9-11H2,1,3-6H3,(H2,18,20). The summed E-state index contributed by atoms with van der Waals surface area (Å²) in [7, 11) is 0. The number of hydrogen-bond donors (Lipinski definition) is 1. The smallest absolute Gasteiger partial charge is 0.331 e. The quantitative estimate of drug-likeness (QED) is 0.404. The van der Waals surface area contributed by atoms with Gasteiger partial charge in [0.2, 0.25) is 0 Å². The first-order valence-electron chi connectivity index (χ1n) is 7.82. The minimum atomic E-state index is -0.741. The van der Waals surface area contributed by atoms with E-state index in [4.69, 9.17) is 10.5 Å². The summed E-state index contributed by atoms with van der Waals surface area (Å²) in [5.74, 6) is -0.721. The number of hydrogen-bond acceptors (Lipinski definition) is 4. The highest BCUT2D eigenvalue weighted by Gasteiger charge is 2.22. The van der Waals surface area contributed by atoms with Gasteiger partial charge in [-0.2, -0.15) is 0 Å². The lowest BCUT2D eigenvalue weighted by Crippen LogP contribution is -2.32. The molecule has 0 aromatic carbocycles. The van der Waals surface area contributed by atoms with E-state index in [2.05, 4.69) is 18.5 Å². The summed E-state index contributed by atoms with van der Waals surface area (Å²) in [5.41, 5.74) is 5.02. The van der Waals surface area contributed by atoms with Gasteiger partial charge >= 0.3 is 5.97 Å². The molecular formula is C17H30N2O3. The first-order valence-corrected chi connectivity index (χ1v) is 7.82. The predicted molar refractivity (Wildman–Crippen MR) is 89.8 cm³/mol. The van der Waals surface area contributed by atoms with Crippen LogP contribution in [0.15, 0.2) is 17.6 Å². The molecule has 0 bridgehead atoms. The molecule has 5 nitrogen and oxygen atoms in total. The molecule has 0 radical (unpaired) electrons. The molecule has 0 spiro atoms. The fraction of sp³-hybridized carbons (Fsp3) is 0.706. The summed E-state index contributed by atoms with van der Waals surface area (Å²) in [6, 6.07) is -0.741. The Hall–Kier alpha value is -1.65. The maximum Gasteiger partial charge on any atom is 0.331 e. The molecule has 2 N–H and O–H groups in total. The highest BCUT2D eigenvalue weighted by atomic mass is 16.6. The van der Waals surface area contributed by atoms with Crippen LogP contribution in [-0.4, -0.2) is 29.2 Å². The van der Waals surface area contributed by atoms with Crippen LogP contribution >= 0.6 is 0 Å². The van der Waals surface area contributed by atoms with Crippen molar-refractivity contribution in [1.82, 2.24) is 0 Å². The van der Waals surface area contributed by atoms with E-state index in [1.807, 2.05) is 6.08 Å². The van der Waals surface area contributed by atoms with Gasteiger partial charge in [-0.05, 0) is 52.9 Å². The van der Waals surface area contributed by atoms with Crippen molar-refractivity contribution in [3.05, 3.63) is 12.7 Å². The molecule has 0 saturated heterocycles. The van der Waals surface area contributed by atoms with Crippen LogP contribution in [-0.2, 0) is 14.3 Å². The third kappa shape index (κ3) is 8.60. The Balaban J connectivity index is 4.82. The average molecular weight is 310 g/mol. The van der Waals surface area contributed by atoms with E-state index < -0.39 is 23.5 Å². The van der Waals surface area contributed by atoms with Crippen LogP contribution in [0.25, 0.3) is 0 Å². The number of nitrogens with zero attached hydrogens (tertiary/aromatic N) is 1. The SMILES string of the molecule is C=CC(CCC)CCC(=NC(C)C(=O)OC(C)(C)C)C(N)=O. The van der Waals surface area contributed by atoms with E-state index in [-0.39, 0.29) is 5.71 Å². The maximum absolute atomic E-state index is 11.9. The van der Waals surface area contributed by atoms with Crippen LogP contribution < -0.4 is 5.73 Å². The van der Waals surface area contributed by atoms with Gasteiger partial charge in [0.1, 0.15) is 17.4 Å². The zero-order valence-electron chi connectivity index (χ0n) is 14.5. The summed E-state index contributed by atoms with van der Waals surface area (Å²) < 4.78 is 5.25. The fourth-order valence-electron chi connectivity index (χ4n) is 2.00. The van der Waals surface area contributed by atoms with Crippen molar-refractivity contribution in [3.8, 4) is 0 Å². The second-order valence-electron chi connectivity index (χ2n) is 6.47. The molecule has 0 aromatic rings. The molecule has 0 saturated carbocycles. The average Bonchev–Trinajstić information content (AvgIpc) is 2.39. The molecule has 5 heteroatoms. The molecule has 1 amide bonds.